The van der Waals surface area contributed by atoms with Gasteiger partial charge in [0.25, 0.3) is 0 Å². The minimum Gasteiger partial charge on any atom is -0.367 e. The number of halogens is 2. The summed E-state index contributed by atoms with van der Waals surface area (Å²) in [4.78, 5) is 6.78. The number of aliphatic imine (C=N–C) groups is 1. The molecule has 0 amide bonds. The van der Waals surface area contributed by atoms with Gasteiger partial charge in [-0.15, -0.1) is 24.0 Å². The highest BCUT2D eigenvalue weighted by Crippen LogP contribution is 2.25. The number of sulfonamides is 1. The molecule has 2 aliphatic heterocycles. The van der Waals surface area contributed by atoms with E-state index >= 15 is 0 Å². The van der Waals surface area contributed by atoms with Crippen LogP contribution in [0.5, 0.6) is 0 Å². The van der Waals surface area contributed by atoms with Gasteiger partial charge in [0.1, 0.15) is 11.9 Å². The standard InChI is InChI=1S/C19H29FN4O3S.HI/c1-3-21-19(22-9-11-24-10-4-12-28(24,25)26)23-13-15(2)27-18(14-23)16-5-7-17(20)8-6-16;/h5-8,15,18H,3-4,9-14H2,1-2H3,(H,21,22);1H. The van der Waals surface area contributed by atoms with Crippen LogP contribution in [0, 0.1) is 5.82 Å². The Morgan fingerprint density at radius 2 is 2.03 bits per heavy atom. The Bertz CT molecular complexity index is 791. The summed E-state index contributed by atoms with van der Waals surface area (Å²) in [6, 6.07) is 6.38. The van der Waals surface area contributed by atoms with Gasteiger partial charge < -0.3 is 15.0 Å². The van der Waals surface area contributed by atoms with Crippen molar-refractivity contribution >= 4 is 40.0 Å². The first-order valence-corrected chi connectivity index (χ1v) is 11.4. The number of ether oxygens (including phenoxy) is 1. The first-order valence-electron chi connectivity index (χ1n) is 9.81. The summed E-state index contributed by atoms with van der Waals surface area (Å²) in [7, 11) is -3.10. The van der Waals surface area contributed by atoms with E-state index in [4.69, 9.17) is 4.74 Å². The van der Waals surface area contributed by atoms with E-state index in [-0.39, 0.29) is 47.8 Å². The summed E-state index contributed by atoms with van der Waals surface area (Å²) < 4.78 is 44.7. The zero-order chi connectivity index (χ0) is 20.1. The van der Waals surface area contributed by atoms with E-state index in [9.17, 15) is 12.8 Å². The molecule has 1 aromatic rings. The van der Waals surface area contributed by atoms with E-state index in [0.29, 0.717) is 45.7 Å². The maximum absolute atomic E-state index is 13.2. The Morgan fingerprint density at radius 3 is 2.66 bits per heavy atom. The van der Waals surface area contributed by atoms with Crippen LogP contribution < -0.4 is 5.32 Å². The molecule has 1 aromatic carbocycles. The Kier molecular flexibility index (Phi) is 9.11. The lowest BCUT2D eigenvalue weighted by Crippen LogP contribution is -2.51. The van der Waals surface area contributed by atoms with Gasteiger partial charge in [0, 0.05) is 26.2 Å². The number of morpholine rings is 1. The molecule has 29 heavy (non-hydrogen) atoms. The van der Waals surface area contributed by atoms with Gasteiger partial charge in [0.2, 0.25) is 10.0 Å². The third-order valence-corrected chi connectivity index (χ3v) is 6.91. The van der Waals surface area contributed by atoms with Crippen LogP contribution in [0.4, 0.5) is 4.39 Å². The molecule has 2 atom stereocenters. The van der Waals surface area contributed by atoms with Gasteiger partial charge in [0.05, 0.1) is 24.9 Å². The summed E-state index contributed by atoms with van der Waals surface area (Å²) in [6.07, 6.45) is 0.505. The Hall–Kier alpha value is -0.980. The number of rotatable bonds is 5. The first-order chi connectivity index (χ1) is 13.4. The number of benzene rings is 1. The van der Waals surface area contributed by atoms with Gasteiger partial charge in [-0.3, -0.25) is 4.99 Å². The normalized spacial score (nSPS) is 24.9. The van der Waals surface area contributed by atoms with Crippen LogP contribution in [0.1, 0.15) is 31.9 Å². The average Bonchev–Trinajstić information content (AvgIpc) is 2.99. The molecule has 0 aromatic heterocycles. The van der Waals surface area contributed by atoms with Crippen molar-refractivity contribution in [2.24, 2.45) is 4.99 Å². The summed E-state index contributed by atoms with van der Waals surface area (Å²) in [6.45, 7) is 7.40. The van der Waals surface area contributed by atoms with Crippen LogP contribution in [0.3, 0.4) is 0 Å². The molecule has 7 nitrogen and oxygen atoms in total. The third-order valence-electron chi connectivity index (χ3n) is 4.95. The minimum atomic E-state index is -3.10. The molecule has 0 spiro atoms. The molecular formula is C19H30FIN4O3S. The molecule has 1 N–H and O–H groups in total. The minimum absolute atomic E-state index is 0. The number of hydrogen-bond acceptors (Lipinski definition) is 4. The van der Waals surface area contributed by atoms with E-state index in [1.54, 1.807) is 12.1 Å². The van der Waals surface area contributed by atoms with Gasteiger partial charge in [-0.1, -0.05) is 12.1 Å². The van der Waals surface area contributed by atoms with Crippen LogP contribution >= 0.6 is 24.0 Å². The molecule has 10 heteroatoms. The number of nitrogens with one attached hydrogen (secondary N) is 1. The molecule has 164 valence electrons. The summed E-state index contributed by atoms with van der Waals surface area (Å²) >= 11 is 0. The fourth-order valence-electron chi connectivity index (χ4n) is 3.62. The zero-order valence-corrected chi connectivity index (χ0v) is 20.0. The van der Waals surface area contributed by atoms with Crippen molar-refractivity contribution in [2.45, 2.75) is 32.5 Å². The van der Waals surface area contributed by atoms with E-state index < -0.39 is 10.0 Å². The lowest BCUT2D eigenvalue weighted by molar-refractivity contribution is -0.0605. The highest BCUT2D eigenvalue weighted by atomic mass is 127. The molecule has 2 fully saturated rings. The molecule has 0 radical (unpaired) electrons. The topological polar surface area (TPSA) is 74.2 Å². The van der Waals surface area contributed by atoms with Crippen molar-refractivity contribution in [1.29, 1.82) is 0 Å². The average molecular weight is 540 g/mol. The molecule has 0 bridgehead atoms. The predicted octanol–water partition coefficient (Wildman–Crippen LogP) is 2.21. The van der Waals surface area contributed by atoms with Crippen molar-refractivity contribution in [3.63, 3.8) is 0 Å². The van der Waals surface area contributed by atoms with Gasteiger partial charge in [0.15, 0.2) is 5.96 Å². The van der Waals surface area contributed by atoms with Crippen LogP contribution in [0.15, 0.2) is 29.3 Å². The van der Waals surface area contributed by atoms with Gasteiger partial charge in [-0.2, -0.15) is 0 Å². The maximum Gasteiger partial charge on any atom is 0.214 e. The quantitative estimate of drug-likeness (QED) is 0.353. The fraction of sp³-hybridized carbons (Fsp3) is 0.632. The molecule has 2 aliphatic rings. The van der Waals surface area contributed by atoms with E-state index in [1.165, 1.54) is 16.4 Å². The second-order valence-electron chi connectivity index (χ2n) is 7.20. The molecule has 2 unspecified atom stereocenters. The summed E-state index contributed by atoms with van der Waals surface area (Å²) in [5.41, 5.74) is 0.928. The van der Waals surface area contributed by atoms with Crippen molar-refractivity contribution in [1.82, 2.24) is 14.5 Å². The van der Waals surface area contributed by atoms with Crippen LogP contribution in [0.25, 0.3) is 0 Å². The SMILES string of the molecule is CCNC(=NCCN1CCCS1(=O)=O)N1CC(C)OC(c2ccc(F)cc2)C1.I. The summed E-state index contributed by atoms with van der Waals surface area (Å²) in [5.74, 6) is 0.717. The van der Waals surface area contributed by atoms with E-state index in [2.05, 4.69) is 15.2 Å². The van der Waals surface area contributed by atoms with Crippen molar-refractivity contribution < 1.29 is 17.5 Å². The highest BCUT2D eigenvalue weighted by molar-refractivity contribution is 14.0. The van der Waals surface area contributed by atoms with E-state index in [0.717, 1.165) is 11.5 Å². The molecule has 0 saturated carbocycles. The monoisotopic (exact) mass is 540 g/mol. The second-order valence-corrected chi connectivity index (χ2v) is 9.28. The lowest BCUT2D eigenvalue weighted by atomic mass is 10.1. The van der Waals surface area contributed by atoms with Gasteiger partial charge in [-0.05, 0) is 38.0 Å². The Labute approximate surface area is 189 Å². The fourth-order valence-corrected chi connectivity index (χ4v) is 5.14. The first kappa shape index (κ1) is 24.3. The predicted molar refractivity (Wildman–Crippen MR) is 123 cm³/mol. The molecule has 2 heterocycles. The molecule has 0 aliphatic carbocycles. The lowest BCUT2D eigenvalue weighted by Gasteiger charge is -2.38. The van der Waals surface area contributed by atoms with E-state index in [1.807, 2.05) is 13.8 Å². The van der Waals surface area contributed by atoms with Crippen molar-refractivity contribution in [2.75, 3.05) is 45.0 Å². The zero-order valence-electron chi connectivity index (χ0n) is 16.9. The Morgan fingerprint density at radius 1 is 1.31 bits per heavy atom. The largest absolute Gasteiger partial charge is 0.367 e. The van der Waals surface area contributed by atoms with Crippen molar-refractivity contribution in [3.05, 3.63) is 35.6 Å². The number of hydrogen-bond donors (Lipinski definition) is 1. The van der Waals surface area contributed by atoms with Gasteiger partial charge >= 0.3 is 0 Å². The van der Waals surface area contributed by atoms with Crippen LogP contribution in [0.2, 0.25) is 0 Å². The molecule has 3 rings (SSSR count). The highest BCUT2D eigenvalue weighted by Gasteiger charge is 2.29. The number of nitrogens with zero attached hydrogens (tertiary/aromatic N) is 3. The smallest absolute Gasteiger partial charge is 0.214 e. The summed E-state index contributed by atoms with van der Waals surface area (Å²) in [5, 5.41) is 3.29. The molecule has 2 saturated heterocycles. The van der Waals surface area contributed by atoms with Gasteiger partial charge in [-0.25, -0.2) is 17.1 Å². The van der Waals surface area contributed by atoms with Crippen LogP contribution in [-0.2, 0) is 14.8 Å². The maximum atomic E-state index is 13.2. The molecular weight excluding hydrogens is 510 g/mol. The van der Waals surface area contributed by atoms with Crippen molar-refractivity contribution in [3.8, 4) is 0 Å². The second kappa shape index (κ2) is 10.9. The Balaban J connectivity index is 0.00000300. The van der Waals surface area contributed by atoms with Crippen LogP contribution in [-0.4, -0.2) is 74.7 Å². The third kappa shape index (κ3) is 6.50. The number of guanidine groups is 1.